The SMILES string of the molecule is O=C(O)CCCCC(=O)OCCOCCOCCOCCOCCOCCOCCOCc1ccccc1. The fourth-order valence-corrected chi connectivity index (χ4v) is 2.92. The van der Waals surface area contributed by atoms with E-state index in [9.17, 15) is 9.59 Å². The number of benzene rings is 1. The van der Waals surface area contributed by atoms with E-state index in [1.165, 1.54) is 0 Å². The zero-order valence-electron chi connectivity index (χ0n) is 22.4. The average molecular weight is 545 g/mol. The summed E-state index contributed by atoms with van der Waals surface area (Å²) in [5.41, 5.74) is 1.15. The molecule has 0 radical (unpaired) electrons. The smallest absolute Gasteiger partial charge is 0.305 e. The van der Waals surface area contributed by atoms with Gasteiger partial charge in [0.05, 0.1) is 92.5 Å². The summed E-state index contributed by atoms with van der Waals surface area (Å²) in [6.07, 6.45) is 1.26. The average Bonchev–Trinajstić information content (AvgIpc) is 2.92. The van der Waals surface area contributed by atoms with Crippen LogP contribution in [0.2, 0.25) is 0 Å². The number of carboxylic acid groups (broad SMARTS) is 1. The van der Waals surface area contributed by atoms with Gasteiger partial charge in [-0.25, -0.2) is 0 Å². The third-order valence-corrected chi connectivity index (χ3v) is 4.86. The zero-order valence-corrected chi connectivity index (χ0v) is 22.4. The van der Waals surface area contributed by atoms with E-state index in [-0.39, 0.29) is 25.4 Å². The Kier molecular flexibility index (Phi) is 23.6. The molecule has 0 heterocycles. The number of unbranched alkanes of at least 4 members (excludes halogenated alkanes) is 1. The Labute approximate surface area is 225 Å². The van der Waals surface area contributed by atoms with Crippen LogP contribution in [-0.2, 0) is 54.1 Å². The third kappa shape index (κ3) is 24.2. The second-order valence-electron chi connectivity index (χ2n) is 8.03. The van der Waals surface area contributed by atoms with Crippen molar-refractivity contribution in [3.05, 3.63) is 35.9 Å². The predicted octanol–water partition coefficient (Wildman–Crippen LogP) is 2.49. The fraction of sp³-hybridized carbons (Fsp3) is 0.704. The van der Waals surface area contributed by atoms with Gasteiger partial charge in [-0.15, -0.1) is 0 Å². The van der Waals surface area contributed by atoms with Crippen LogP contribution in [-0.4, -0.2) is 110 Å². The standard InChI is InChI=1S/C27H44O11/c28-26(29)8-4-5-9-27(30)38-23-22-36-19-18-34-15-14-32-11-10-31-12-13-33-16-17-35-20-21-37-24-25-6-2-1-3-7-25/h1-3,6-7H,4-5,8-24H2,(H,28,29). The molecule has 1 N–H and O–H groups in total. The number of carbonyl (C=O) groups is 2. The van der Waals surface area contributed by atoms with Crippen molar-refractivity contribution in [2.24, 2.45) is 0 Å². The molecular formula is C27H44O11. The maximum Gasteiger partial charge on any atom is 0.305 e. The summed E-state index contributed by atoms with van der Waals surface area (Å²) in [6, 6.07) is 10.0. The molecule has 0 aliphatic rings. The van der Waals surface area contributed by atoms with E-state index in [0.29, 0.717) is 105 Å². The lowest BCUT2D eigenvalue weighted by Crippen LogP contribution is -2.15. The van der Waals surface area contributed by atoms with E-state index in [4.69, 9.17) is 43.0 Å². The van der Waals surface area contributed by atoms with E-state index in [1.54, 1.807) is 0 Å². The summed E-state index contributed by atoms with van der Waals surface area (Å²) in [4.78, 5) is 21.8. The van der Waals surface area contributed by atoms with E-state index in [0.717, 1.165) is 5.56 Å². The Bertz CT molecular complexity index is 672. The second-order valence-corrected chi connectivity index (χ2v) is 8.03. The van der Waals surface area contributed by atoms with Crippen molar-refractivity contribution in [1.29, 1.82) is 0 Å². The zero-order chi connectivity index (χ0) is 27.4. The number of carbonyl (C=O) groups excluding carboxylic acids is 1. The van der Waals surface area contributed by atoms with Gasteiger partial charge in [0, 0.05) is 12.8 Å². The van der Waals surface area contributed by atoms with Gasteiger partial charge >= 0.3 is 11.9 Å². The monoisotopic (exact) mass is 544 g/mol. The van der Waals surface area contributed by atoms with Gasteiger partial charge in [0.25, 0.3) is 0 Å². The quantitative estimate of drug-likeness (QED) is 0.123. The Morgan fingerprint density at radius 2 is 0.921 bits per heavy atom. The lowest BCUT2D eigenvalue weighted by molar-refractivity contribution is -0.146. The molecule has 0 spiro atoms. The number of aliphatic carboxylic acids is 1. The van der Waals surface area contributed by atoms with Crippen LogP contribution in [0.5, 0.6) is 0 Å². The lowest BCUT2D eigenvalue weighted by Gasteiger charge is -2.09. The molecule has 1 aromatic carbocycles. The molecule has 11 heteroatoms. The largest absolute Gasteiger partial charge is 0.481 e. The fourth-order valence-electron chi connectivity index (χ4n) is 2.92. The Morgan fingerprint density at radius 3 is 1.37 bits per heavy atom. The molecule has 0 bridgehead atoms. The van der Waals surface area contributed by atoms with Crippen LogP contribution in [0.1, 0.15) is 31.2 Å². The van der Waals surface area contributed by atoms with Gasteiger partial charge in [-0.3, -0.25) is 9.59 Å². The number of hydrogen-bond acceptors (Lipinski definition) is 10. The molecule has 0 aliphatic heterocycles. The van der Waals surface area contributed by atoms with Crippen molar-refractivity contribution in [3.63, 3.8) is 0 Å². The topological polar surface area (TPSA) is 128 Å². The van der Waals surface area contributed by atoms with Crippen molar-refractivity contribution in [2.75, 3.05) is 92.5 Å². The van der Waals surface area contributed by atoms with E-state index in [2.05, 4.69) is 0 Å². The molecule has 0 saturated carbocycles. The molecule has 0 atom stereocenters. The molecule has 0 unspecified atom stereocenters. The first-order chi connectivity index (χ1) is 18.7. The molecule has 11 nitrogen and oxygen atoms in total. The summed E-state index contributed by atoms with van der Waals surface area (Å²) in [5.74, 6) is -1.20. The number of esters is 1. The van der Waals surface area contributed by atoms with Gasteiger partial charge in [-0.1, -0.05) is 30.3 Å². The highest BCUT2D eigenvalue weighted by molar-refractivity contribution is 5.69. The van der Waals surface area contributed by atoms with Crippen molar-refractivity contribution < 1.29 is 52.6 Å². The van der Waals surface area contributed by atoms with Crippen molar-refractivity contribution in [2.45, 2.75) is 32.3 Å². The highest BCUT2D eigenvalue weighted by atomic mass is 16.6. The lowest BCUT2D eigenvalue weighted by atomic mass is 10.2. The van der Waals surface area contributed by atoms with Gasteiger partial charge in [0.15, 0.2) is 0 Å². The Hall–Kier alpha value is -2.12. The van der Waals surface area contributed by atoms with Gasteiger partial charge < -0.3 is 43.0 Å². The van der Waals surface area contributed by atoms with Crippen LogP contribution >= 0.6 is 0 Å². The molecular weight excluding hydrogens is 500 g/mol. The van der Waals surface area contributed by atoms with Crippen LogP contribution in [0, 0.1) is 0 Å². The minimum absolute atomic E-state index is 0.0650. The van der Waals surface area contributed by atoms with Gasteiger partial charge in [0.2, 0.25) is 0 Å². The number of ether oxygens (including phenoxy) is 8. The van der Waals surface area contributed by atoms with Crippen molar-refractivity contribution >= 4 is 11.9 Å². The molecule has 0 aliphatic carbocycles. The van der Waals surface area contributed by atoms with E-state index >= 15 is 0 Å². The minimum Gasteiger partial charge on any atom is -0.481 e. The molecule has 218 valence electrons. The van der Waals surface area contributed by atoms with Gasteiger partial charge in [-0.05, 0) is 18.4 Å². The second kappa shape index (κ2) is 26.5. The summed E-state index contributed by atoms with van der Waals surface area (Å²) in [5, 5.41) is 8.53. The molecule has 0 amide bonds. The van der Waals surface area contributed by atoms with E-state index < -0.39 is 5.97 Å². The number of rotatable bonds is 28. The van der Waals surface area contributed by atoms with Crippen LogP contribution in [0.15, 0.2) is 30.3 Å². The van der Waals surface area contributed by atoms with E-state index in [1.807, 2.05) is 30.3 Å². The molecule has 0 fully saturated rings. The maximum absolute atomic E-state index is 11.4. The molecule has 0 aromatic heterocycles. The van der Waals surface area contributed by atoms with Crippen LogP contribution in [0.25, 0.3) is 0 Å². The number of carboxylic acids is 1. The van der Waals surface area contributed by atoms with Gasteiger partial charge in [0.1, 0.15) is 6.61 Å². The number of hydrogen-bond donors (Lipinski definition) is 1. The summed E-state index contributed by atoms with van der Waals surface area (Å²) < 4.78 is 43.0. The summed E-state index contributed by atoms with van der Waals surface area (Å²) in [7, 11) is 0. The summed E-state index contributed by atoms with van der Waals surface area (Å²) >= 11 is 0. The Morgan fingerprint density at radius 1 is 0.526 bits per heavy atom. The Balaban J connectivity index is 1.67. The molecule has 1 aromatic rings. The van der Waals surface area contributed by atoms with Crippen LogP contribution < -0.4 is 0 Å². The van der Waals surface area contributed by atoms with Gasteiger partial charge in [-0.2, -0.15) is 0 Å². The maximum atomic E-state index is 11.4. The molecule has 1 rings (SSSR count). The first-order valence-electron chi connectivity index (χ1n) is 13.1. The van der Waals surface area contributed by atoms with Crippen LogP contribution in [0.4, 0.5) is 0 Å². The third-order valence-electron chi connectivity index (χ3n) is 4.86. The minimum atomic E-state index is -0.859. The normalized spacial score (nSPS) is 11.1. The van der Waals surface area contributed by atoms with Crippen molar-refractivity contribution in [3.8, 4) is 0 Å². The highest BCUT2D eigenvalue weighted by Gasteiger charge is 2.04. The molecule has 0 saturated heterocycles. The predicted molar refractivity (Wildman–Crippen MR) is 138 cm³/mol. The first-order valence-corrected chi connectivity index (χ1v) is 13.1. The van der Waals surface area contributed by atoms with Crippen molar-refractivity contribution in [1.82, 2.24) is 0 Å². The highest BCUT2D eigenvalue weighted by Crippen LogP contribution is 2.01. The van der Waals surface area contributed by atoms with Crippen LogP contribution in [0.3, 0.4) is 0 Å². The molecule has 38 heavy (non-hydrogen) atoms. The first kappa shape index (κ1) is 33.9. The summed E-state index contributed by atoms with van der Waals surface area (Å²) in [6.45, 7) is 6.88.